The van der Waals surface area contributed by atoms with Crippen LogP contribution < -0.4 is 10.5 Å². The maximum Gasteiger partial charge on any atom is 0.210 e. The maximum atomic E-state index is 10.6. The third kappa shape index (κ3) is 3.60. The van der Waals surface area contributed by atoms with Crippen molar-refractivity contribution in [3.05, 3.63) is 10.6 Å². The van der Waals surface area contributed by atoms with E-state index in [1.807, 2.05) is 13.8 Å². The molecule has 0 saturated carbocycles. The lowest BCUT2D eigenvalue weighted by Crippen LogP contribution is -2.22. The molecule has 0 bridgehead atoms. The summed E-state index contributed by atoms with van der Waals surface area (Å²) in [7, 11) is -3.38. The first-order valence-electron chi connectivity index (χ1n) is 4.07. The van der Waals surface area contributed by atoms with Crippen molar-refractivity contribution < 1.29 is 8.42 Å². The SMILES string of the molecule is Cc1nc(NCCS(N)(=O)=O)sc1C. The summed E-state index contributed by atoms with van der Waals surface area (Å²) >= 11 is 1.51. The van der Waals surface area contributed by atoms with E-state index in [0.29, 0.717) is 6.54 Å². The van der Waals surface area contributed by atoms with Gasteiger partial charge in [-0.2, -0.15) is 0 Å². The highest BCUT2D eigenvalue weighted by atomic mass is 32.2. The van der Waals surface area contributed by atoms with Crippen molar-refractivity contribution in [2.24, 2.45) is 5.14 Å². The average molecular weight is 235 g/mol. The molecule has 0 aliphatic rings. The van der Waals surface area contributed by atoms with Gasteiger partial charge in [-0.15, -0.1) is 11.3 Å². The molecule has 0 amide bonds. The Morgan fingerprint density at radius 1 is 1.50 bits per heavy atom. The van der Waals surface area contributed by atoms with Gasteiger partial charge in [-0.1, -0.05) is 0 Å². The lowest BCUT2D eigenvalue weighted by atomic mass is 10.4. The van der Waals surface area contributed by atoms with E-state index in [1.165, 1.54) is 11.3 Å². The van der Waals surface area contributed by atoms with E-state index in [0.717, 1.165) is 15.7 Å². The number of nitrogens with one attached hydrogen (secondary N) is 1. The number of nitrogens with two attached hydrogens (primary N) is 1. The van der Waals surface area contributed by atoms with Crippen LogP contribution in [0.3, 0.4) is 0 Å². The quantitative estimate of drug-likeness (QED) is 0.794. The van der Waals surface area contributed by atoms with E-state index >= 15 is 0 Å². The predicted molar refractivity (Wildman–Crippen MR) is 58.1 cm³/mol. The van der Waals surface area contributed by atoms with Gasteiger partial charge in [-0.3, -0.25) is 0 Å². The van der Waals surface area contributed by atoms with E-state index in [2.05, 4.69) is 10.3 Å². The topological polar surface area (TPSA) is 85.1 Å². The van der Waals surface area contributed by atoms with E-state index in [-0.39, 0.29) is 5.75 Å². The fraction of sp³-hybridized carbons (Fsp3) is 0.571. The van der Waals surface area contributed by atoms with E-state index in [9.17, 15) is 8.42 Å². The van der Waals surface area contributed by atoms with Crippen LogP contribution in [0.15, 0.2) is 0 Å². The van der Waals surface area contributed by atoms with Crippen LogP contribution in [0.2, 0.25) is 0 Å². The average Bonchev–Trinajstić information content (AvgIpc) is 2.28. The summed E-state index contributed by atoms with van der Waals surface area (Å²) in [5.74, 6) is -0.0787. The van der Waals surface area contributed by atoms with Crippen molar-refractivity contribution in [2.45, 2.75) is 13.8 Å². The highest BCUT2D eigenvalue weighted by Crippen LogP contribution is 2.20. The largest absolute Gasteiger partial charge is 0.360 e. The van der Waals surface area contributed by atoms with Crippen LogP contribution in [-0.4, -0.2) is 25.7 Å². The van der Waals surface area contributed by atoms with Crippen LogP contribution in [0.4, 0.5) is 5.13 Å². The molecule has 0 saturated heterocycles. The van der Waals surface area contributed by atoms with Crippen molar-refractivity contribution in [3.8, 4) is 0 Å². The fourth-order valence-electron chi connectivity index (χ4n) is 0.849. The number of anilines is 1. The minimum absolute atomic E-state index is 0.0787. The van der Waals surface area contributed by atoms with Gasteiger partial charge in [-0.25, -0.2) is 18.5 Å². The second-order valence-electron chi connectivity index (χ2n) is 2.95. The zero-order chi connectivity index (χ0) is 10.8. The molecule has 3 N–H and O–H groups in total. The van der Waals surface area contributed by atoms with E-state index in [1.54, 1.807) is 0 Å². The second-order valence-corrected chi connectivity index (χ2v) is 5.89. The molecule has 7 heteroatoms. The van der Waals surface area contributed by atoms with Gasteiger partial charge in [-0.05, 0) is 13.8 Å². The number of hydrogen-bond donors (Lipinski definition) is 2. The van der Waals surface area contributed by atoms with Gasteiger partial charge in [0.15, 0.2) is 5.13 Å². The first-order chi connectivity index (χ1) is 6.38. The Morgan fingerprint density at radius 2 is 2.14 bits per heavy atom. The fourth-order valence-corrected chi connectivity index (χ4v) is 2.08. The molecular weight excluding hydrogens is 222 g/mol. The van der Waals surface area contributed by atoms with Crippen LogP contribution in [0.5, 0.6) is 0 Å². The molecule has 1 aromatic heterocycles. The summed E-state index contributed by atoms with van der Waals surface area (Å²) in [4.78, 5) is 5.33. The molecule has 1 rings (SSSR count). The smallest absolute Gasteiger partial charge is 0.210 e. The molecule has 0 aliphatic heterocycles. The third-order valence-corrected chi connectivity index (χ3v) is 3.50. The zero-order valence-corrected chi connectivity index (χ0v) is 9.70. The molecule has 5 nitrogen and oxygen atoms in total. The second kappa shape index (κ2) is 4.24. The van der Waals surface area contributed by atoms with Crippen LogP contribution in [0, 0.1) is 13.8 Å². The Hall–Kier alpha value is -0.660. The summed E-state index contributed by atoms with van der Waals surface area (Å²) in [6.45, 7) is 4.18. The number of nitrogens with zero attached hydrogens (tertiary/aromatic N) is 1. The Balaban J connectivity index is 2.47. The van der Waals surface area contributed by atoms with Crippen molar-refractivity contribution in [1.82, 2.24) is 4.98 Å². The summed E-state index contributed by atoms with van der Waals surface area (Å²) < 4.78 is 21.2. The maximum absolute atomic E-state index is 10.6. The number of sulfonamides is 1. The molecule has 80 valence electrons. The minimum atomic E-state index is -3.38. The third-order valence-electron chi connectivity index (χ3n) is 1.69. The highest BCUT2D eigenvalue weighted by molar-refractivity contribution is 7.89. The molecule has 1 aromatic rings. The number of aryl methyl sites for hydroxylation is 2. The number of hydrogen-bond acceptors (Lipinski definition) is 5. The number of primary sulfonamides is 1. The zero-order valence-electron chi connectivity index (χ0n) is 8.07. The standard InChI is InChI=1S/C7H13N3O2S2/c1-5-6(2)13-7(10-5)9-3-4-14(8,11)12/h3-4H2,1-2H3,(H,9,10)(H2,8,11,12). The van der Waals surface area contributed by atoms with Crippen molar-refractivity contribution in [1.29, 1.82) is 0 Å². The van der Waals surface area contributed by atoms with Gasteiger partial charge in [0.2, 0.25) is 10.0 Å². The Morgan fingerprint density at radius 3 is 2.57 bits per heavy atom. The number of aromatic nitrogens is 1. The molecule has 14 heavy (non-hydrogen) atoms. The van der Waals surface area contributed by atoms with E-state index < -0.39 is 10.0 Å². The van der Waals surface area contributed by atoms with Crippen molar-refractivity contribution >= 4 is 26.5 Å². The van der Waals surface area contributed by atoms with Crippen molar-refractivity contribution in [2.75, 3.05) is 17.6 Å². The van der Waals surface area contributed by atoms with Gasteiger partial charge in [0.25, 0.3) is 0 Å². The minimum Gasteiger partial charge on any atom is -0.360 e. The summed E-state index contributed by atoms with van der Waals surface area (Å²) in [6, 6.07) is 0. The summed E-state index contributed by atoms with van der Waals surface area (Å²) in [5, 5.41) is 8.50. The van der Waals surface area contributed by atoms with Crippen LogP contribution in [-0.2, 0) is 10.0 Å². The predicted octanol–water partition coefficient (Wildman–Crippen LogP) is 0.460. The Labute approximate surface area is 87.4 Å². The first kappa shape index (κ1) is 11.4. The van der Waals surface area contributed by atoms with Crippen LogP contribution >= 0.6 is 11.3 Å². The molecule has 0 fully saturated rings. The Kier molecular flexibility index (Phi) is 3.46. The molecule has 0 unspecified atom stereocenters. The van der Waals surface area contributed by atoms with E-state index in [4.69, 9.17) is 5.14 Å². The van der Waals surface area contributed by atoms with Crippen LogP contribution in [0.25, 0.3) is 0 Å². The lowest BCUT2D eigenvalue weighted by Gasteiger charge is -1.99. The number of rotatable bonds is 4. The summed E-state index contributed by atoms with van der Waals surface area (Å²) in [6.07, 6.45) is 0. The molecular formula is C7H13N3O2S2. The van der Waals surface area contributed by atoms with Gasteiger partial charge < -0.3 is 5.32 Å². The van der Waals surface area contributed by atoms with Crippen molar-refractivity contribution in [3.63, 3.8) is 0 Å². The van der Waals surface area contributed by atoms with Gasteiger partial charge >= 0.3 is 0 Å². The molecule has 1 heterocycles. The Bertz CT molecular complexity index is 391. The first-order valence-corrected chi connectivity index (χ1v) is 6.60. The molecule has 0 aliphatic carbocycles. The number of thiazole rings is 1. The molecule has 0 spiro atoms. The normalized spacial score (nSPS) is 11.6. The monoisotopic (exact) mass is 235 g/mol. The van der Waals surface area contributed by atoms with Gasteiger partial charge in [0.05, 0.1) is 11.4 Å². The van der Waals surface area contributed by atoms with Gasteiger partial charge in [0.1, 0.15) is 0 Å². The van der Waals surface area contributed by atoms with Gasteiger partial charge in [0, 0.05) is 11.4 Å². The van der Waals surface area contributed by atoms with Crippen LogP contribution in [0.1, 0.15) is 10.6 Å². The molecule has 0 aromatic carbocycles. The highest BCUT2D eigenvalue weighted by Gasteiger charge is 2.05. The molecule has 0 radical (unpaired) electrons. The summed E-state index contributed by atoms with van der Waals surface area (Å²) in [5.41, 5.74) is 0.966. The molecule has 0 atom stereocenters. The lowest BCUT2D eigenvalue weighted by molar-refractivity contribution is 0.598.